The maximum atomic E-state index is 10.3. The first-order chi connectivity index (χ1) is 5.13. The fourth-order valence-corrected chi connectivity index (χ4v) is 0.910. The van der Waals surface area contributed by atoms with Crippen LogP contribution in [0.2, 0.25) is 0 Å². The molecule has 6 heteroatoms. The minimum atomic E-state index is -1.26. The van der Waals surface area contributed by atoms with Crippen molar-refractivity contribution in [3.63, 3.8) is 0 Å². The van der Waals surface area contributed by atoms with Crippen LogP contribution in [0.15, 0.2) is 0 Å². The molecule has 6 nitrogen and oxygen atoms in total. The Hall–Kier alpha value is -0.690. The largest absolute Gasteiger partial charge is 0.480 e. The second-order valence-corrected chi connectivity index (χ2v) is 2.40. The lowest BCUT2D eigenvalue weighted by molar-refractivity contribution is -0.148. The van der Waals surface area contributed by atoms with E-state index in [0.717, 1.165) is 0 Å². The summed E-state index contributed by atoms with van der Waals surface area (Å²) in [4.78, 5) is 10.3. The van der Waals surface area contributed by atoms with Crippen molar-refractivity contribution in [3.8, 4) is 0 Å². The number of carboxylic acids is 1. The first-order valence-corrected chi connectivity index (χ1v) is 3.20. The van der Waals surface area contributed by atoms with E-state index in [0.29, 0.717) is 0 Å². The van der Waals surface area contributed by atoms with Gasteiger partial charge in [0.1, 0.15) is 12.1 Å². The van der Waals surface area contributed by atoms with E-state index in [1.54, 1.807) is 0 Å². The Morgan fingerprint density at radius 1 is 1.45 bits per heavy atom. The molecule has 1 aliphatic rings. The summed E-state index contributed by atoms with van der Waals surface area (Å²) in [6.45, 7) is 0.144. The summed E-state index contributed by atoms with van der Waals surface area (Å²) in [5.74, 6) is -1.19. The van der Waals surface area contributed by atoms with Crippen molar-refractivity contribution in [2.75, 3.05) is 6.54 Å². The van der Waals surface area contributed by atoms with E-state index in [9.17, 15) is 4.79 Å². The van der Waals surface area contributed by atoms with E-state index in [2.05, 4.69) is 10.9 Å². The molecular weight excluding hydrogens is 152 g/mol. The summed E-state index contributed by atoms with van der Waals surface area (Å²) >= 11 is 0. The Morgan fingerprint density at radius 2 is 2.09 bits per heavy atom. The Bertz CT molecular complexity index is 163. The van der Waals surface area contributed by atoms with Crippen LogP contribution in [-0.4, -0.2) is 46.1 Å². The molecule has 1 aliphatic heterocycles. The number of aliphatic hydroxyl groups excluding tert-OH is 2. The van der Waals surface area contributed by atoms with Gasteiger partial charge in [-0.15, -0.1) is 0 Å². The molecule has 1 saturated heterocycles. The Morgan fingerprint density at radius 3 is 2.55 bits per heavy atom. The van der Waals surface area contributed by atoms with Gasteiger partial charge in [0.05, 0.1) is 6.10 Å². The van der Waals surface area contributed by atoms with Gasteiger partial charge in [0.15, 0.2) is 0 Å². The van der Waals surface area contributed by atoms with Gasteiger partial charge in [-0.25, -0.2) is 5.43 Å². The van der Waals surface area contributed by atoms with Crippen LogP contribution in [0.4, 0.5) is 0 Å². The third-order valence-corrected chi connectivity index (χ3v) is 1.57. The molecule has 64 valence electrons. The topological polar surface area (TPSA) is 102 Å². The van der Waals surface area contributed by atoms with E-state index in [1.165, 1.54) is 0 Å². The summed E-state index contributed by atoms with van der Waals surface area (Å²) in [5.41, 5.74) is 4.79. The minimum absolute atomic E-state index is 0.144. The standard InChI is InChI=1S/C5H10N2O4/c8-2-1-6-7-3(4(2)9)5(10)11/h2-4,6-9H,1H2,(H,10,11)/t2-,3+,4+/m0/s1. The number of carbonyl (C=O) groups is 1. The number of aliphatic carboxylic acids is 1. The van der Waals surface area contributed by atoms with Crippen molar-refractivity contribution in [2.24, 2.45) is 0 Å². The van der Waals surface area contributed by atoms with Crippen molar-refractivity contribution in [1.29, 1.82) is 0 Å². The number of aliphatic hydroxyl groups is 2. The Balaban J connectivity index is 2.58. The molecular formula is C5H10N2O4. The van der Waals surface area contributed by atoms with Crippen LogP contribution >= 0.6 is 0 Å². The molecule has 11 heavy (non-hydrogen) atoms. The lowest BCUT2D eigenvalue weighted by Crippen LogP contribution is -2.63. The summed E-state index contributed by atoms with van der Waals surface area (Å²) in [5, 5.41) is 26.5. The SMILES string of the molecule is O=C(O)[C@@H]1NNC[C@H](O)[C@H]1O. The molecule has 1 fully saturated rings. The third kappa shape index (κ3) is 1.66. The first kappa shape index (κ1) is 8.41. The smallest absolute Gasteiger partial charge is 0.324 e. The molecule has 5 N–H and O–H groups in total. The highest BCUT2D eigenvalue weighted by Crippen LogP contribution is 2.02. The molecule has 3 atom stereocenters. The Kier molecular flexibility index (Phi) is 2.40. The highest BCUT2D eigenvalue weighted by Gasteiger charge is 2.34. The summed E-state index contributed by atoms with van der Waals surface area (Å²) in [6, 6.07) is -1.14. The van der Waals surface area contributed by atoms with Gasteiger partial charge >= 0.3 is 5.97 Å². The monoisotopic (exact) mass is 162 g/mol. The van der Waals surface area contributed by atoms with E-state index in [4.69, 9.17) is 15.3 Å². The molecule has 1 heterocycles. The minimum Gasteiger partial charge on any atom is -0.480 e. The van der Waals surface area contributed by atoms with Crippen molar-refractivity contribution in [2.45, 2.75) is 18.2 Å². The van der Waals surface area contributed by atoms with Crippen LogP contribution in [0, 0.1) is 0 Å². The predicted molar refractivity (Wildman–Crippen MR) is 34.6 cm³/mol. The van der Waals surface area contributed by atoms with Crippen LogP contribution in [0.5, 0.6) is 0 Å². The van der Waals surface area contributed by atoms with E-state index < -0.39 is 24.2 Å². The van der Waals surface area contributed by atoms with Gasteiger partial charge in [-0.05, 0) is 0 Å². The third-order valence-electron chi connectivity index (χ3n) is 1.57. The molecule has 0 unspecified atom stereocenters. The highest BCUT2D eigenvalue weighted by atomic mass is 16.4. The second kappa shape index (κ2) is 3.14. The zero-order valence-corrected chi connectivity index (χ0v) is 5.69. The summed E-state index contributed by atoms with van der Waals surface area (Å²) < 4.78 is 0. The van der Waals surface area contributed by atoms with Gasteiger partial charge in [-0.1, -0.05) is 0 Å². The second-order valence-electron chi connectivity index (χ2n) is 2.40. The van der Waals surface area contributed by atoms with Crippen LogP contribution in [-0.2, 0) is 4.79 Å². The fraction of sp³-hybridized carbons (Fsp3) is 0.800. The maximum absolute atomic E-state index is 10.3. The number of hydrogen-bond donors (Lipinski definition) is 5. The van der Waals surface area contributed by atoms with Crippen LogP contribution < -0.4 is 10.9 Å². The van der Waals surface area contributed by atoms with Gasteiger partial charge in [-0.3, -0.25) is 10.2 Å². The van der Waals surface area contributed by atoms with Crippen LogP contribution in [0.3, 0.4) is 0 Å². The number of hydrazine groups is 1. The number of carboxylic acid groups (broad SMARTS) is 1. The molecule has 0 aromatic carbocycles. The van der Waals surface area contributed by atoms with E-state index in [-0.39, 0.29) is 6.54 Å². The maximum Gasteiger partial charge on any atom is 0.324 e. The number of nitrogens with one attached hydrogen (secondary N) is 2. The van der Waals surface area contributed by atoms with Gasteiger partial charge < -0.3 is 15.3 Å². The molecule has 0 spiro atoms. The van der Waals surface area contributed by atoms with Gasteiger partial charge in [0.2, 0.25) is 0 Å². The van der Waals surface area contributed by atoms with Crippen molar-refractivity contribution >= 4 is 5.97 Å². The van der Waals surface area contributed by atoms with Crippen LogP contribution in [0.1, 0.15) is 0 Å². The molecule has 0 saturated carbocycles. The molecule has 0 radical (unpaired) electrons. The molecule has 0 amide bonds. The van der Waals surface area contributed by atoms with Crippen molar-refractivity contribution in [3.05, 3.63) is 0 Å². The summed E-state index contributed by atoms with van der Waals surface area (Å²) in [7, 11) is 0. The average Bonchev–Trinajstić information content (AvgIpc) is 1.94. The first-order valence-electron chi connectivity index (χ1n) is 3.20. The zero-order chi connectivity index (χ0) is 8.43. The normalized spacial score (nSPS) is 38.5. The van der Waals surface area contributed by atoms with Gasteiger partial charge in [0.25, 0.3) is 0 Å². The Labute approximate surface area is 62.8 Å². The van der Waals surface area contributed by atoms with Crippen molar-refractivity contribution in [1.82, 2.24) is 10.9 Å². The molecule has 0 aromatic heterocycles. The zero-order valence-electron chi connectivity index (χ0n) is 5.69. The number of β-amino-alcohol motifs (C(OH)–C–C–N with tert-alkyl or cyclic N) is 1. The van der Waals surface area contributed by atoms with Crippen molar-refractivity contribution < 1.29 is 20.1 Å². The number of hydrogen-bond acceptors (Lipinski definition) is 5. The lowest BCUT2D eigenvalue weighted by atomic mass is 10.0. The van der Waals surface area contributed by atoms with E-state index in [1.807, 2.05) is 0 Å². The lowest BCUT2D eigenvalue weighted by Gasteiger charge is -2.30. The van der Waals surface area contributed by atoms with E-state index >= 15 is 0 Å². The van der Waals surface area contributed by atoms with Gasteiger partial charge in [-0.2, -0.15) is 0 Å². The molecule has 0 aromatic rings. The predicted octanol–water partition coefficient (Wildman–Crippen LogP) is -2.73. The summed E-state index contributed by atoms with van der Waals surface area (Å²) in [6.07, 6.45) is -2.29. The average molecular weight is 162 g/mol. The molecule has 0 aliphatic carbocycles. The van der Waals surface area contributed by atoms with Gasteiger partial charge in [0, 0.05) is 6.54 Å². The number of rotatable bonds is 1. The molecule has 0 bridgehead atoms. The quantitative estimate of drug-likeness (QED) is 0.287. The highest BCUT2D eigenvalue weighted by molar-refractivity contribution is 5.74. The van der Waals surface area contributed by atoms with Crippen LogP contribution in [0.25, 0.3) is 0 Å². The molecule has 1 rings (SSSR count). The fourth-order valence-electron chi connectivity index (χ4n) is 0.910.